The number of nitrogens with two attached hydrogens (primary N) is 1. The highest BCUT2D eigenvalue weighted by atomic mass is 16.5. The molecule has 20 heavy (non-hydrogen) atoms. The summed E-state index contributed by atoms with van der Waals surface area (Å²) in [7, 11) is 0. The first-order valence-electron chi connectivity index (χ1n) is 7.07. The molecule has 0 radical (unpaired) electrons. The Morgan fingerprint density at radius 2 is 2.45 bits per heavy atom. The Balaban J connectivity index is 1.63. The summed E-state index contributed by atoms with van der Waals surface area (Å²) < 4.78 is 10.5. The molecule has 0 spiro atoms. The SMILES string of the molecule is CC(N)C1CCCN(Cc2nc(-c3ccco3)no2)C1. The van der Waals surface area contributed by atoms with Gasteiger partial charge in [0.25, 0.3) is 0 Å². The molecule has 0 amide bonds. The van der Waals surface area contributed by atoms with Crippen LogP contribution in [0.1, 0.15) is 25.7 Å². The second-order valence-corrected chi connectivity index (χ2v) is 5.49. The van der Waals surface area contributed by atoms with Gasteiger partial charge in [0.1, 0.15) is 0 Å². The first-order valence-corrected chi connectivity index (χ1v) is 7.07. The predicted molar refractivity (Wildman–Crippen MR) is 73.7 cm³/mol. The molecule has 6 nitrogen and oxygen atoms in total. The number of aromatic nitrogens is 2. The molecule has 108 valence electrons. The summed E-state index contributed by atoms with van der Waals surface area (Å²) in [6.07, 6.45) is 3.98. The molecular weight excluding hydrogens is 256 g/mol. The van der Waals surface area contributed by atoms with Crippen molar-refractivity contribution in [2.75, 3.05) is 13.1 Å². The third-order valence-electron chi connectivity index (χ3n) is 3.85. The lowest BCUT2D eigenvalue weighted by Crippen LogP contribution is -2.41. The summed E-state index contributed by atoms with van der Waals surface area (Å²) in [5, 5.41) is 3.95. The van der Waals surface area contributed by atoms with Crippen molar-refractivity contribution < 1.29 is 8.94 Å². The van der Waals surface area contributed by atoms with E-state index in [-0.39, 0.29) is 6.04 Å². The molecule has 6 heteroatoms. The Labute approximate surface area is 117 Å². The predicted octanol–water partition coefficient (Wildman–Crippen LogP) is 1.89. The van der Waals surface area contributed by atoms with Crippen molar-refractivity contribution in [1.82, 2.24) is 15.0 Å². The third-order valence-corrected chi connectivity index (χ3v) is 3.85. The highest BCUT2D eigenvalue weighted by molar-refractivity contribution is 5.44. The van der Waals surface area contributed by atoms with Gasteiger partial charge < -0.3 is 14.7 Å². The standard InChI is InChI=1S/C14H20N4O2/c1-10(15)11-4-2-6-18(8-11)9-13-16-14(17-20-13)12-5-3-7-19-12/h3,5,7,10-11H,2,4,6,8-9,15H2,1H3. The summed E-state index contributed by atoms with van der Waals surface area (Å²) in [5.74, 6) is 2.32. The molecule has 0 aliphatic carbocycles. The van der Waals surface area contributed by atoms with E-state index < -0.39 is 0 Å². The highest BCUT2D eigenvalue weighted by Crippen LogP contribution is 2.21. The molecule has 0 saturated carbocycles. The van der Waals surface area contributed by atoms with E-state index in [9.17, 15) is 0 Å². The second kappa shape index (κ2) is 5.76. The zero-order valence-corrected chi connectivity index (χ0v) is 11.7. The molecule has 1 saturated heterocycles. The fraction of sp³-hybridized carbons (Fsp3) is 0.571. The molecule has 2 atom stereocenters. The van der Waals surface area contributed by atoms with Crippen LogP contribution in [0.3, 0.4) is 0 Å². The van der Waals surface area contributed by atoms with E-state index in [1.807, 2.05) is 12.1 Å². The number of piperidine rings is 1. The van der Waals surface area contributed by atoms with E-state index in [0.29, 0.717) is 29.9 Å². The second-order valence-electron chi connectivity index (χ2n) is 5.49. The smallest absolute Gasteiger partial charge is 0.241 e. The lowest BCUT2D eigenvalue weighted by Gasteiger charge is -2.33. The lowest BCUT2D eigenvalue weighted by atomic mass is 9.92. The van der Waals surface area contributed by atoms with Crippen LogP contribution in [0.15, 0.2) is 27.3 Å². The Bertz CT molecular complexity index is 535. The average Bonchev–Trinajstić information content (AvgIpc) is 3.09. The monoisotopic (exact) mass is 276 g/mol. The molecule has 0 bridgehead atoms. The number of furan rings is 1. The van der Waals surface area contributed by atoms with Gasteiger partial charge in [0.05, 0.1) is 12.8 Å². The highest BCUT2D eigenvalue weighted by Gasteiger charge is 2.24. The largest absolute Gasteiger partial charge is 0.461 e. The Hall–Kier alpha value is -1.66. The molecule has 2 N–H and O–H groups in total. The fourth-order valence-corrected chi connectivity index (χ4v) is 2.68. The van der Waals surface area contributed by atoms with Gasteiger partial charge in [-0.1, -0.05) is 5.16 Å². The first-order chi connectivity index (χ1) is 9.72. The van der Waals surface area contributed by atoms with Gasteiger partial charge in [0.15, 0.2) is 5.76 Å². The van der Waals surface area contributed by atoms with E-state index in [1.165, 1.54) is 12.8 Å². The van der Waals surface area contributed by atoms with Crippen LogP contribution in [0, 0.1) is 5.92 Å². The Morgan fingerprint density at radius 1 is 1.55 bits per heavy atom. The fourth-order valence-electron chi connectivity index (χ4n) is 2.68. The minimum absolute atomic E-state index is 0.235. The maximum absolute atomic E-state index is 6.00. The van der Waals surface area contributed by atoms with Crippen molar-refractivity contribution in [3.05, 3.63) is 24.3 Å². The normalized spacial score (nSPS) is 22.0. The summed E-state index contributed by atoms with van der Waals surface area (Å²) in [5.41, 5.74) is 6.00. The molecule has 2 aromatic heterocycles. The van der Waals surface area contributed by atoms with Crippen LogP contribution in [0.4, 0.5) is 0 Å². The molecule has 1 fully saturated rings. The number of likely N-dealkylation sites (tertiary alicyclic amines) is 1. The molecule has 2 aromatic rings. The zero-order chi connectivity index (χ0) is 13.9. The van der Waals surface area contributed by atoms with E-state index in [1.54, 1.807) is 6.26 Å². The number of rotatable bonds is 4. The van der Waals surface area contributed by atoms with Crippen molar-refractivity contribution >= 4 is 0 Å². The van der Waals surface area contributed by atoms with Gasteiger partial charge in [-0.2, -0.15) is 4.98 Å². The van der Waals surface area contributed by atoms with Gasteiger partial charge in [-0.15, -0.1) is 0 Å². The van der Waals surface area contributed by atoms with Crippen molar-refractivity contribution in [2.24, 2.45) is 11.7 Å². The maximum atomic E-state index is 6.00. The van der Waals surface area contributed by atoms with Crippen LogP contribution in [0.25, 0.3) is 11.6 Å². The lowest BCUT2D eigenvalue weighted by molar-refractivity contribution is 0.139. The van der Waals surface area contributed by atoms with Gasteiger partial charge in [-0.05, 0) is 44.4 Å². The molecule has 2 unspecified atom stereocenters. The van der Waals surface area contributed by atoms with E-state index in [2.05, 4.69) is 22.0 Å². The zero-order valence-electron chi connectivity index (χ0n) is 11.7. The van der Waals surface area contributed by atoms with Gasteiger partial charge >= 0.3 is 0 Å². The summed E-state index contributed by atoms with van der Waals surface area (Å²) in [6, 6.07) is 3.87. The number of nitrogens with zero attached hydrogens (tertiary/aromatic N) is 3. The van der Waals surface area contributed by atoms with Crippen LogP contribution in [-0.4, -0.2) is 34.2 Å². The minimum atomic E-state index is 0.235. The van der Waals surface area contributed by atoms with E-state index in [4.69, 9.17) is 14.7 Å². The topological polar surface area (TPSA) is 81.3 Å². The van der Waals surface area contributed by atoms with Crippen molar-refractivity contribution in [3.63, 3.8) is 0 Å². The van der Waals surface area contributed by atoms with Crippen molar-refractivity contribution in [2.45, 2.75) is 32.4 Å². The van der Waals surface area contributed by atoms with Crippen molar-refractivity contribution in [1.29, 1.82) is 0 Å². The first kappa shape index (κ1) is 13.3. The molecule has 3 rings (SSSR count). The molecular formula is C14H20N4O2. The minimum Gasteiger partial charge on any atom is -0.461 e. The van der Waals surface area contributed by atoms with Gasteiger partial charge in [0.2, 0.25) is 11.7 Å². The quantitative estimate of drug-likeness (QED) is 0.918. The van der Waals surface area contributed by atoms with Crippen LogP contribution >= 0.6 is 0 Å². The third kappa shape index (κ3) is 2.91. The summed E-state index contributed by atoms with van der Waals surface area (Å²) in [6.45, 7) is 4.81. The van der Waals surface area contributed by atoms with Crippen LogP contribution in [-0.2, 0) is 6.54 Å². The van der Waals surface area contributed by atoms with Crippen LogP contribution in [0.5, 0.6) is 0 Å². The summed E-state index contributed by atoms with van der Waals surface area (Å²) >= 11 is 0. The molecule has 0 aromatic carbocycles. The van der Waals surface area contributed by atoms with Crippen LogP contribution < -0.4 is 5.73 Å². The van der Waals surface area contributed by atoms with Crippen LogP contribution in [0.2, 0.25) is 0 Å². The molecule has 1 aliphatic heterocycles. The Kier molecular flexibility index (Phi) is 3.84. The van der Waals surface area contributed by atoms with Gasteiger partial charge in [-0.25, -0.2) is 0 Å². The summed E-state index contributed by atoms with van der Waals surface area (Å²) in [4.78, 5) is 6.70. The average molecular weight is 276 g/mol. The molecule has 1 aliphatic rings. The van der Waals surface area contributed by atoms with Gasteiger partial charge in [-0.3, -0.25) is 4.90 Å². The maximum Gasteiger partial charge on any atom is 0.241 e. The van der Waals surface area contributed by atoms with Gasteiger partial charge in [0, 0.05) is 12.6 Å². The molecule has 3 heterocycles. The number of hydrogen-bond donors (Lipinski definition) is 1. The van der Waals surface area contributed by atoms with E-state index >= 15 is 0 Å². The number of hydrogen-bond acceptors (Lipinski definition) is 6. The van der Waals surface area contributed by atoms with E-state index in [0.717, 1.165) is 13.1 Å². The van der Waals surface area contributed by atoms with Crippen molar-refractivity contribution in [3.8, 4) is 11.6 Å². The Morgan fingerprint density at radius 3 is 3.20 bits per heavy atom.